The molecule has 1 atom stereocenters. The van der Waals surface area contributed by atoms with E-state index in [4.69, 9.17) is 37.4 Å². The lowest BCUT2D eigenvalue weighted by atomic mass is 9.95. The van der Waals surface area contributed by atoms with Crippen LogP contribution in [0.4, 0.5) is 5.95 Å². The number of esters is 1. The average Bonchev–Trinajstić information content (AvgIpc) is 3.27. The van der Waals surface area contributed by atoms with Crippen LogP contribution >= 0.6 is 39.1 Å². The molecule has 0 saturated carbocycles. The molecule has 0 spiro atoms. The molecule has 2 aromatic carbocycles. The van der Waals surface area contributed by atoms with Crippen molar-refractivity contribution in [3.05, 3.63) is 67.2 Å². The Morgan fingerprint density at radius 1 is 1.21 bits per heavy atom. The van der Waals surface area contributed by atoms with Gasteiger partial charge >= 0.3 is 5.97 Å². The third-order valence-electron chi connectivity index (χ3n) is 5.13. The number of hydrogen-bond donors (Lipinski definition) is 1. The number of nitrogens with one attached hydrogen (secondary N) is 1. The first kappa shape index (κ1) is 24.3. The van der Waals surface area contributed by atoms with Crippen molar-refractivity contribution >= 4 is 51.0 Å². The normalized spacial score (nSPS) is 14.9. The predicted molar refractivity (Wildman–Crippen MR) is 130 cm³/mol. The van der Waals surface area contributed by atoms with Gasteiger partial charge in [0.15, 0.2) is 11.5 Å². The van der Waals surface area contributed by atoms with E-state index < -0.39 is 12.0 Å². The standard InChI is InChI=1S/C22H20BrCl2N5O4/c1-4-33-17-9-13(8-14(23)20(17)34-10-12-5-6-15(24)16(25)7-12)19-18(21(31)32-3)11(2)26-22-27-28-29-30(19)22/h5-9,19H,4,10H2,1-3H3,(H,26,27,29). The molecule has 0 amide bonds. The van der Waals surface area contributed by atoms with E-state index in [-0.39, 0.29) is 6.61 Å². The van der Waals surface area contributed by atoms with Gasteiger partial charge in [0.1, 0.15) is 12.6 Å². The Labute approximate surface area is 214 Å². The van der Waals surface area contributed by atoms with Gasteiger partial charge in [-0.25, -0.2) is 4.79 Å². The van der Waals surface area contributed by atoms with E-state index >= 15 is 0 Å². The highest BCUT2D eigenvalue weighted by molar-refractivity contribution is 9.10. The molecule has 0 bridgehead atoms. The molecule has 4 rings (SSSR count). The highest BCUT2D eigenvalue weighted by atomic mass is 79.9. The number of carbonyl (C=O) groups excluding carboxylic acids is 1. The highest BCUT2D eigenvalue weighted by Crippen LogP contribution is 2.43. The second-order valence-corrected chi connectivity index (χ2v) is 8.97. The molecule has 1 aliphatic heterocycles. The summed E-state index contributed by atoms with van der Waals surface area (Å²) in [5.74, 6) is 0.902. The zero-order valence-electron chi connectivity index (χ0n) is 18.4. The maximum atomic E-state index is 12.7. The number of fused-ring (bicyclic) bond motifs is 1. The van der Waals surface area contributed by atoms with Crippen LogP contribution in [0.1, 0.15) is 31.0 Å². The molecule has 1 N–H and O–H groups in total. The Kier molecular flexibility index (Phi) is 7.30. The number of tetrazole rings is 1. The number of methoxy groups -OCH3 is 1. The number of benzene rings is 2. The largest absolute Gasteiger partial charge is 0.490 e. The Morgan fingerprint density at radius 2 is 2.00 bits per heavy atom. The molecular weight excluding hydrogens is 549 g/mol. The van der Waals surface area contributed by atoms with Crippen LogP contribution in [0, 0.1) is 0 Å². The average molecular weight is 569 g/mol. The maximum Gasteiger partial charge on any atom is 0.338 e. The van der Waals surface area contributed by atoms with E-state index in [0.29, 0.717) is 55.4 Å². The molecule has 178 valence electrons. The molecule has 0 radical (unpaired) electrons. The Hall–Kier alpha value is -2.82. The van der Waals surface area contributed by atoms with Crippen molar-refractivity contribution in [2.75, 3.05) is 19.0 Å². The smallest absolute Gasteiger partial charge is 0.338 e. The molecule has 0 saturated heterocycles. The summed E-state index contributed by atoms with van der Waals surface area (Å²) in [7, 11) is 1.33. The van der Waals surface area contributed by atoms with E-state index in [1.54, 1.807) is 25.1 Å². The summed E-state index contributed by atoms with van der Waals surface area (Å²) in [6.07, 6.45) is 0. The fraction of sp³-hybridized carbons (Fsp3) is 0.273. The molecule has 3 aromatic rings. The van der Waals surface area contributed by atoms with Crippen LogP contribution < -0.4 is 14.8 Å². The molecule has 34 heavy (non-hydrogen) atoms. The SMILES string of the molecule is CCOc1cc(C2C(C(=O)OC)=C(C)Nc3nnnn32)cc(Br)c1OCc1ccc(Cl)c(Cl)c1. The summed E-state index contributed by atoms with van der Waals surface area (Å²) in [4.78, 5) is 12.7. The van der Waals surface area contributed by atoms with E-state index in [9.17, 15) is 4.79 Å². The third-order valence-corrected chi connectivity index (χ3v) is 6.46. The monoisotopic (exact) mass is 567 g/mol. The minimum atomic E-state index is -0.640. The van der Waals surface area contributed by atoms with Crippen LogP contribution in [0.15, 0.2) is 46.1 Å². The van der Waals surface area contributed by atoms with Crippen molar-refractivity contribution < 1.29 is 19.0 Å². The van der Waals surface area contributed by atoms with Gasteiger partial charge in [-0.2, -0.15) is 4.68 Å². The van der Waals surface area contributed by atoms with Crippen molar-refractivity contribution in [2.24, 2.45) is 0 Å². The second kappa shape index (κ2) is 10.2. The van der Waals surface area contributed by atoms with Crippen molar-refractivity contribution in [1.82, 2.24) is 20.2 Å². The van der Waals surface area contributed by atoms with Crippen molar-refractivity contribution in [3.63, 3.8) is 0 Å². The van der Waals surface area contributed by atoms with Gasteiger partial charge in [0.25, 0.3) is 0 Å². The lowest BCUT2D eigenvalue weighted by Gasteiger charge is -2.28. The van der Waals surface area contributed by atoms with Crippen LogP contribution in [-0.4, -0.2) is 39.9 Å². The molecule has 1 unspecified atom stereocenters. The quantitative estimate of drug-likeness (QED) is 0.389. The van der Waals surface area contributed by atoms with Gasteiger partial charge in [-0.15, -0.1) is 0 Å². The predicted octanol–water partition coefficient (Wildman–Crippen LogP) is 5.18. The first-order valence-corrected chi connectivity index (χ1v) is 11.8. The summed E-state index contributed by atoms with van der Waals surface area (Å²) in [6.45, 7) is 4.29. The minimum absolute atomic E-state index is 0.242. The minimum Gasteiger partial charge on any atom is -0.490 e. The Morgan fingerprint density at radius 3 is 2.71 bits per heavy atom. The van der Waals surface area contributed by atoms with E-state index in [2.05, 4.69) is 36.8 Å². The lowest BCUT2D eigenvalue weighted by molar-refractivity contribution is -0.136. The number of nitrogens with zero attached hydrogens (tertiary/aromatic N) is 4. The Balaban J connectivity index is 1.74. The fourth-order valence-corrected chi connectivity index (χ4v) is 4.52. The van der Waals surface area contributed by atoms with Crippen LogP contribution in [0.25, 0.3) is 0 Å². The maximum absolute atomic E-state index is 12.7. The number of aromatic nitrogens is 4. The number of carbonyl (C=O) groups is 1. The van der Waals surface area contributed by atoms with Crippen LogP contribution in [0.3, 0.4) is 0 Å². The summed E-state index contributed by atoms with van der Waals surface area (Å²) < 4.78 is 19.1. The number of halogens is 3. The van der Waals surface area contributed by atoms with Gasteiger partial charge < -0.3 is 19.5 Å². The first-order chi connectivity index (χ1) is 16.3. The van der Waals surface area contributed by atoms with Gasteiger partial charge in [0.05, 0.1) is 33.8 Å². The van der Waals surface area contributed by atoms with Gasteiger partial charge in [-0.3, -0.25) is 0 Å². The van der Waals surface area contributed by atoms with Crippen LogP contribution in [0.2, 0.25) is 10.0 Å². The number of allylic oxidation sites excluding steroid dienone is 1. The van der Waals surface area contributed by atoms with Crippen molar-refractivity contribution in [3.8, 4) is 11.5 Å². The van der Waals surface area contributed by atoms with Crippen molar-refractivity contribution in [1.29, 1.82) is 0 Å². The van der Waals surface area contributed by atoms with E-state index in [0.717, 1.165) is 5.56 Å². The summed E-state index contributed by atoms with van der Waals surface area (Å²) in [6, 6.07) is 8.30. The summed E-state index contributed by atoms with van der Waals surface area (Å²) in [5.41, 5.74) is 2.51. The van der Waals surface area contributed by atoms with Crippen LogP contribution in [-0.2, 0) is 16.1 Å². The fourth-order valence-electron chi connectivity index (χ4n) is 3.63. The lowest BCUT2D eigenvalue weighted by Crippen LogP contribution is -2.29. The molecule has 2 heterocycles. The molecule has 0 aliphatic carbocycles. The molecule has 1 aromatic heterocycles. The first-order valence-electron chi connectivity index (χ1n) is 10.2. The topological polar surface area (TPSA) is 100 Å². The van der Waals surface area contributed by atoms with Crippen LogP contribution in [0.5, 0.6) is 11.5 Å². The number of hydrogen-bond acceptors (Lipinski definition) is 8. The number of ether oxygens (including phenoxy) is 3. The zero-order valence-corrected chi connectivity index (χ0v) is 21.5. The molecule has 1 aliphatic rings. The van der Waals surface area contributed by atoms with Gasteiger partial charge in [0.2, 0.25) is 5.95 Å². The third kappa shape index (κ3) is 4.70. The van der Waals surface area contributed by atoms with Gasteiger partial charge in [-0.05, 0) is 75.6 Å². The molecule has 12 heteroatoms. The zero-order chi connectivity index (χ0) is 24.4. The second-order valence-electron chi connectivity index (χ2n) is 7.30. The van der Waals surface area contributed by atoms with Gasteiger partial charge in [0, 0.05) is 5.70 Å². The molecule has 9 nitrogen and oxygen atoms in total. The van der Waals surface area contributed by atoms with E-state index in [1.807, 2.05) is 19.1 Å². The van der Waals surface area contributed by atoms with E-state index in [1.165, 1.54) is 11.8 Å². The summed E-state index contributed by atoms with van der Waals surface area (Å²) >= 11 is 15.7. The molecular formula is C22H20BrCl2N5O4. The number of anilines is 1. The summed E-state index contributed by atoms with van der Waals surface area (Å²) in [5, 5.41) is 15.8. The highest BCUT2D eigenvalue weighted by Gasteiger charge is 2.35. The number of rotatable bonds is 7. The van der Waals surface area contributed by atoms with Crippen molar-refractivity contribution in [2.45, 2.75) is 26.5 Å². The Bertz CT molecular complexity index is 1280. The van der Waals surface area contributed by atoms with Gasteiger partial charge in [-0.1, -0.05) is 34.4 Å². The molecule has 0 fully saturated rings.